The van der Waals surface area contributed by atoms with E-state index in [0.29, 0.717) is 6.42 Å². The predicted octanol–water partition coefficient (Wildman–Crippen LogP) is 1.83. The van der Waals surface area contributed by atoms with Crippen molar-refractivity contribution >= 4 is 24.3 Å². The molecule has 2 rings (SSSR count). The third-order valence-corrected chi connectivity index (χ3v) is 4.87. The van der Waals surface area contributed by atoms with Crippen molar-refractivity contribution in [3.8, 4) is 0 Å². The summed E-state index contributed by atoms with van der Waals surface area (Å²) in [7, 11) is 0. The minimum absolute atomic E-state index is 0. The standard InChI is InChI=1S/C14H24N2O3.ClH/c1-2-14(15,12(18)19)9-10-8-13(16-11(10)17)6-4-3-5-7-13;/h10H,2-9,15H2,1H3,(H,16,17)(H,18,19);1H. The average Bonchev–Trinajstić information content (AvgIpc) is 2.65. The first kappa shape index (κ1) is 17.2. The first-order valence-corrected chi connectivity index (χ1v) is 7.25. The second-order valence-electron chi connectivity index (χ2n) is 6.25. The van der Waals surface area contributed by atoms with Gasteiger partial charge in [-0.2, -0.15) is 0 Å². The second kappa shape index (κ2) is 6.31. The number of carbonyl (C=O) groups is 2. The van der Waals surface area contributed by atoms with E-state index < -0.39 is 11.5 Å². The molecule has 1 amide bonds. The van der Waals surface area contributed by atoms with Crippen molar-refractivity contribution in [1.82, 2.24) is 5.32 Å². The molecule has 0 aromatic carbocycles. The number of nitrogens with one attached hydrogen (secondary N) is 1. The van der Waals surface area contributed by atoms with Gasteiger partial charge in [-0.15, -0.1) is 12.4 Å². The summed E-state index contributed by atoms with van der Waals surface area (Å²) >= 11 is 0. The number of carboxylic acids is 1. The van der Waals surface area contributed by atoms with Crippen LogP contribution in [0.4, 0.5) is 0 Å². The van der Waals surface area contributed by atoms with Gasteiger partial charge in [-0.3, -0.25) is 9.59 Å². The lowest BCUT2D eigenvalue weighted by molar-refractivity contribution is -0.144. The van der Waals surface area contributed by atoms with Gasteiger partial charge in [0.2, 0.25) is 5.91 Å². The molecular weight excluding hydrogens is 280 g/mol. The van der Waals surface area contributed by atoms with Crippen LogP contribution in [0.2, 0.25) is 0 Å². The van der Waals surface area contributed by atoms with E-state index in [0.717, 1.165) is 32.1 Å². The molecule has 1 heterocycles. The number of hydrogen-bond acceptors (Lipinski definition) is 3. The number of carbonyl (C=O) groups excluding carboxylic acids is 1. The zero-order valence-corrected chi connectivity index (χ0v) is 12.8. The Kier molecular flexibility index (Phi) is 5.44. The highest BCUT2D eigenvalue weighted by atomic mass is 35.5. The lowest BCUT2D eigenvalue weighted by atomic mass is 9.76. The van der Waals surface area contributed by atoms with Crippen LogP contribution >= 0.6 is 12.4 Å². The van der Waals surface area contributed by atoms with Crippen molar-refractivity contribution in [2.24, 2.45) is 11.7 Å². The predicted molar refractivity (Wildman–Crippen MR) is 78.8 cm³/mol. The number of aliphatic carboxylic acids is 1. The summed E-state index contributed by atoms with van der Waals surface area (Å²) in [5, 5.41) is 12.3. The van der Waals surface area contributed by atoms with Crippen molar-refractivity contribution in [2.45, 2.75) is 69.4 Å². The van der Waals surface area contributed by atoms with E-state index in [1.165, 1.54) is 6.42 Å². The Hall–Kier alpha value is -0.810. The summed E-state index contributed by atoms with van der Waals surface area (Å²) in [5.74, 6) is -1.27. The maximum Gasteiger partial charge on any atom is 0.323 e. The van der Waals surface area contributed by atoms with Crippen LogP contribution in [0.25, 0.3) is 0 Å². The molecule has 1 saturated heterocycles. The quantitative estimate of drug-likeness (QED) is 0.739. The molecule has 1 spiro atoms. The highest BCUT2D eigenvalue weighted by Crippen LogP contribution is 2.40. The maximum atomic E-state index is 12.1. The van der Waals surface area contributed by atoms with Gasteiger partial charge in [-0.25, -0.2) is 0 Å². The molecule has 2 fully saturated rings. The maximum absolute atomic E-state index is 12.1. The fraction of sp³-hybridized carbons (Fsp3) is 0.857. The molecule has 0 aromatic heterocycles. The monoisotopic (exact) mass is 304 g/mol. The van der Waals surface area contributed by atoms with Gasteiger partial charge < -0.3 is 16.2 Å². The molecule has 1 aliphatic carbocycles. The summed E-state index contributed by atoms with van der Waals surface area (Å²) in [6, 6.07) is 0. The third-order valence-electron chi connectivity index (χ3n) is 4.87. The molecule has 1 aliphatic heterocycles. The Morgan fingerprint density at radius 1 is 1.45 bits per heavy atom. The molecule has 4 N–H and O–H groups in total. The first-order valence-electron chi connectivity index (χ1n) is 7.25. The van der Waals surface area contributed by atoms with Crippen LogP contribution in [-0.4, -0.2) is 28.1 Å². The number of hydrogen-bond donors (Lipinski definition) is 3. The van der Waals surface area contributed by atoms with Crippen LogP contribution in [0, 0.1) is 5.92 Å². The molecule has 2 aliphatic rings. The lowest BCUT2D eigenvalue weighted by Gasteiger charge is -2.33. The largest absolute Gasteiger partial charge is 0.480 e. The molecule has 20 heavy (non-hydrogen) atoms. The fourth-order valence-electron chi connectivity index (χ4n) is 3.52. The zero-order valence-electron chi connectivity index (χ0n) is 12.0. The Balaban J connectivity index is 0.00000200. The summed E-state index contributed by atoms with van der Waals surface area (Å²) in [5.41, 5.74) is 4.57. The number of amides is 1. The zero-order chi connectivity index (χ0) is 14.1. The highest BCUT2D eigenvalue weighted by molar-refractivity contribution is 5.85. The number of halogens is 1. The molecule has 5 nitrogen and oxygen atoms in total. The average molecular weight is 305 g/mol. The molecule has 0 radical (unpaired) electrons. The summed E-state index contributed by atoms with van der Waals surface area (Å²) < 4.78 is 0. The van der Waals surface area contributed by atoms with Gasteiger partial charge in [-0.1, -0.05) is 26.2 Å². The van der Waals surface area contributed by atoms with E-state index in [1.54, 1.807) is 6.92 Å². The molecule has 2 atom stereocenters. The minimum atomic E-state index is -1.28. The number of rotatable bonds is 4. The Morgan fingerprint density at radius 3 is 2.55 bits per heavy atom. The first-order chi connectivity index (χ1) is 8.91. The molecular formula is C14H25ClN2O3. The highest BCUT2D eigenvalue weighted by Gasteiger charge is 2.47. The second-order valence-corrected chi connectivity index (χ2v) is 6.25. The lowest BCUT2D eigenvalue weighted by Crippen LogP contribution is -2.49. The van der Waals surface area contributed by atoms with Crippen molar-refractivity contribution in [3.05, 3.63) is 0 Å². The van der Waals surface area contributed by atoms with Gasteiger partial charge >= 0.3 is 5.97 Å². The number of carboxylic acid groups (broad SMARTS) is 1. The Bertz CT molecular complexity index is 383. The van der Waals surface area contributed by atoms with Crippen LogP contribution in [-0.2, 0) is 9.59 Å². The van der Waals surface area contributed by atoms with Gasteiger partial charge in [0.05, 0.1) is 0 Å². The number of nitrogens with two attached hydrogens (primary N) is 1. The molecule has 116 valence electrons. The molecule has 0 aromatic rings. The SMILES string of the molecule is CCC(N)(CC1CC2(CCCCC2)NC1=O)C(=O)O.Cl. The fourth-order valence-corrected chi connectivity index (χ4v) is 3.52. The van der Waals surface area contributed by atoms with E-state index in [2.05, 4.69) is 5.32 Å². The van der Waals surface area contributed by atoms with E-state index in [-0.39, 0.29) is 36.2 Å². The van der Waals surface area contributed by atoms with Gasteiger partial charge in [0.25, 0.3) is 0 Å². The molecule has 6 heteroatoms. The van der Waals surface area contributed by atoms with Crippen LogP contribution in [0.5, 0.6) is 0 Å². The van der Waals surface area contributed by atoms with E-state index in [9.17, 15) is 14.7 Å². The third kappa shape index (κ3) is 3.26. The van der Waals surface area contributed by atoms with Crippen molar-refractivity contribution < 1.29 is 14.7 Å². The van der Waals surface area contributed by atoms with Gasteiger partial charge in [-0.05, 0) is 32.1 Å². The van der Waals surface area contributed by atoms with Crippen LogP contribution < -0.4 is 11.1 Å². The summed E-state index contributed by atoms with van der Waals surface area (Å²) in [6.45, 7) is 1.76. The molecule has 0 bridgehead atoms. The van der Waals surface area contributed by atoms with Crippen molar-refractivity contribution in [2.75, 3.05) is 0 Å². The van der Waals surface area contributed by atoms with E-state index >= 15 is 0 Å². The van der Waals surface area contributed by atoms with Crippen molar-refractivity contribution in [3.63, 3.8) is 0 Å². The van der Waals surface area contributed by atoms with E-state index in [4.69, 9.17) is 5.73 Å². The van der Waals surface area contributed by atoms with Gasteiger partial charge in [0.15, 0.2) is 0 Å². The van der Waals surface area contributed by atoms with Gasteiger partial charge in [0.1, 0.15) is 5.54 Å². The van der Waals surface area contributed by atoms with Crippen LogP contribution in [0.3, 0.4) is 0 Å². The van der Waals surface area contributed by atoms with Crippen LogP contribution in [0.15, 0.2) is 0 Å². The van der Waals surface area contributed by atoms with Gasteiger partial charge in [0, 0.05) is 11.5 Å². The molecule has 2 unspecified atom stereocenters. The Morgan fingerprint density at radius 2 is 2.05 bits per heavy atom. The normalized spacial score (nSPS) is 27.5. The summed E-state index contributed by atoms with van der Waals surface area (Å²) in [4.78, 5) is 23.4. The Labute approximate surface area is 126 Å². The minimum Gasteiger partial charge on any atom is -0.480 e. The van der Waals surface area contributed by atoms with Crippen molar-refractivity contribution in [1.29, 1.82) is 0 Å². The van der Waals surface area contributed by atoms with Crippen LogP contribution in [0.1, 0.15) is 58.3 Å². The van der Waals surface area contributed by atoms with E-state index in [1.807, 2.05) is 0 Å². The smallest absolute Gasteiger partial charge is 0.323 e. The topological polar surface area (TPSA) is 92.4 Å². The summed E-state index contributed by atoms with van der Waals surface area (Å²) in [6.07, 6.45) is 6.90. The molecule has 1 saturated carbocycles.